The molecular weight excluding hydrogens is 180 g/mol. The van der Waals surface area contributed by atoms with E-state index in [1.807, 2.05) is 24.0 Å². The highest BCUT2D eigenvalue weighted by molar-refractivity contribution is 4.73. The zero-order valence-electron chi connectivity index (χ0n) is 8.69. The van der Waals surface area contributed by atoms with Gasteiger partial charge in [-0.25, -0.2) is 4.98 Å². The highest BCUT2D eigenvalue weighted by Gasteiger charge is 1.91. The highest BCUT2D eigenvalue weighted by Crippen LogP contribution is 1.91. The summed E-state index contributed by atoms with van der Waals surface area (Å²) in [5.74, 6) is 0. The lowest BCUT2D eigenvalue weighted by molar-refractivity contribution is 0.0508. The normalized spacial score (nSPS) is 10.6. The predicted molar refractivity (Wildman–Crippen MR) is 54.2 cm³/mol. The Morgan fingerprint density at radius 3 is 2.79 bits per heavy atom. The summed E-state index contributed by atoms with van der Waals surface area (Å²) in [5.41, 5.74) is 0. The van der Waals surface area contributed by atoms with Gasteiger partial charge in [-0.05, 0) is 13.3 Å². The van der Waals surface area contributed by atoms with E-state index < -0.39 is 0 Å². The van der Waals surface area contributed by atoms with Crippen molar-refractivity contribution >= 4 is 0 Å². The van der Waals surface area contributed by atoms with E-state index >= 15 is 0 Å². The molecule has 0 N–H and O–H groups in total. The van der Waals surface area contributed by atoms with Crippen LogP contribution in [0.1, 0.15) is 13.3 Å². The molecule has 1 aromatic heterocycles. The van der Waals surface area contributed by atoms with E-state index in [9.17, 15) is 0 Å². The van der Waals surface area contributed by atoms with Crippen LogP contribution in [0, 0.1) is 0 Å². The molecule has 0 aliphatic carbocycles. The lowest BCUT2D eigenvalue weighted by Crippen LogP contribution is -2.06. The molecule has 4 nitrogen and oxygen atoms in total. The molecule has 0 unspecified atom stereocenters. The summed E-state index contributed by atoms with van der Waals surface area (Å²) in [6.45, 7) is 5.89. The average Bonchev–Trinajstić information content (AvgIpc) is 2.69. The van der Waals surface area contributed by atoms with Crippen molar-refractivity contribution in [3.63, 3.8) is 0 Å². The molecule has 0 saturated heterocycles. The Balaban J connectivity index is 1.85. The second-order valence-electron chi connectivity index (χ2n) is 2.96. The molecule has 0 aromatic carbocycles. The van der Waals surface area contributed by atoms with Crippen LogP contribution in [-0.4, -0.2) is 36.0 Å². The highest BCUT2D eigenvalue weighted by atomic mass is 16.5. The van der Waals surface area contributed by atoms with Crippen molar-refractivity contribution in [2.75, 3.05) is 26.4 Å². The van der Waals surface area contributed by atoms with Crippen LogP contribution in [0.5, 0.6) is 0 Å². The molecule has 0 amide bonds. The van der Waals surface area contributed by atoms with Crippen molar-refractivity contribution in [3.05, 3.63) is 18.7 Å². The van der Waals surface area contributed by atoms with Crippen LogP contribution in [-0.2, 0) is 16.0 Å². The molecule has 14 heavy (non-hydrogen) atoms. The molecule has 1 heterocycles. The average molecular weight is 198 g/mol. The van der Waals surface area contributed by atoms with Crippen molar-refractivity contribution in [2.24, 2.45) is 0 Å². The van der Waals surface area contributed by atoms with Crippen LogP contribution in [0.25, 0.3) is 0 Å². The largest absolute Gasteiger partial charge is 0.379 e. The molecule has 0 spiro atoms. The first-order chi connectivity index (χ1) is 6.93. The summed E-state index contributed by atoms with van der Waals surface area (Å²) in [6.07, 6.45) is 6.58. The van der Waals surface area contributed by atoms with Crippen LogP contribution in [0.15, 0.2) is 18.7 Å². The summed E-state index contributed by atoms with van der Waals surface area (Å²) in [4.78, 5) is 3.96. The van der Waals surface area contributed by atoms with E-state index in [1.54, 1.807) is 6.20 Å². The van der Waals surface area contributed by atoms with E-state index in [0.29, 0.717) is 13.2 Å². The Morgan fingerprint density at radius 1 is 1.21 bits per heavy atom. The van der Waals surface area contributed by atoms with E-state index in [2.05, 4.69) is 4.98 Å². The summed E-state index contributed by atoms with van der Waals surface area (Å²) >= 11 is 0. The number of aromatic nitrogens is 2. The van der Waals surface area contributed by atoms with Crippen LogP contribution in [0.2, 0.25) is 0 Å². The van der Waals surface area contributed by atoms with Gasteiger partial charge in [0.1, 0.15) is 0 Å². The maximum absolute atomic E-state index is 5.38. The third-order valence-corrected chi connectivity index (χ3v) is 1.84. The van der Waals surface area contributed by atoms with Gasteiger partial charge in [-0.15, -0.1) is 0 Å². The number of rotatable bonds is 8. The van der Waals surface area contributed by atoms with Gasteiger partial charge in [0.05, 0.1) is 19.5 Å². The van der Waals surface area contributed by atoms with E-state index in [4.69, 9.17) is 9.47 Å². The fourth-order valence-corrected chi connectivity index (χ4v) is 1.13. The summed E-state index contributed by atoms with van der Waals surface area (Å²) in [6, 6.07) is 0. The number of hydrogen-bond donors (Lipinski definition) is 0. The van der Waals surface area contributed by atoms with Gasteiger partial charge in [0.2, 0.25) is 0 Å². The number of nitrogens with zero attached hydrogens (tertiary/aromatic N) is 2. The molecule has 1 rings (SSSR count). The first-order valence-electron chi connectivity index (χ1n) is 5.04. The van der Waals surface area contributed by atoms with Crippen LogP contribution < -0.4 is 0 Å². The van der Waals surface area contributed by atoms with E-state index in [-0.39, 0.29) is 0 Å². The molecule has 4 heteroatoms. The fraction of sp³-hybridized carbons (Fsp3) is 0.700. The number of hydrogen-bond acceptors (Lipinski definition) is 3. The molecule has 80 valence electrons. The molecule has 0 bridgehead atoms. The molecule has 0 atom stereocenters. The number of ether oxygens (including phenoxy) is 2. The second-order valence-corrected chi connectivity index (χ2v) is 2.96. The quantitative estimate of drug-likeness (QED) is 0.591. The maximum atomic E-state index is 5.38. The Kier molecular flexibility index (Phi) is 6.02. The predicted octanol–water partition coefficient (Wildman–Crippen LogP) is 1.33. The van der Waals surface area contributed by atoms with Crippen molar-refractivity contribution in [1.82, 2.24) is 9.55 Å². The third kappa shape index (κ3) is 4.99. The topological polar surface area (TPSA) is 36.3 Å². The maximum Gasteiger partial charge on any atom is 0.0945 e. The van der Waals surface area contributed by atoms with Crippen molar-refractivity contribution in [3.8, 4) is 0 Å². The minimum absolute atomic E-state index is 0.692. The molecule has 0 saturated carbocycles. The summed E-state index contributed by atoms with van der Waals surface area (Å²) in [5, 5.41) is 0. The van der Waals surface area contributed by atoms with Crippen LogP contribution in [0.3, 0.4) is 0 Å². The van der Waals surface area contributed by atoms with Gasteiger partial charge in [0.25, 0.3) is 0 Å². The van der Waals surface area contributed by atoms with Gasteiger partial charge < -0.3 is 14.0 Å². The number of imidazole rings is 1. The van der Waals surface area contributed by atoms with Crippen LogP contribution in [0.4, 0.5) is 0 Å². The lowest BCUT2D eigenvalue weighted by Gasteiger charge is -2.04. The van der Waals surface area contributed by atoms with Gasteiger partial charge >= 0.3 is 0 Å². The SMILES string of the molecule is CCOCCOCCCn1ccnc1. The molecule has 0 fully saturated rings. The smallest absolute Gasteiger partial charge is 0.0945 e. The Bertz CT molecular complexity index is 212. The second kappa shape index (κ2) is 7.53. The van der Waals surface area contributed by atoms with Crippen LogP contribution >= 0.6 is 0 Å². The first-order valence-corrected chi connectivity index (χ1v) is 5.04. The van der Waals surface area contributed by atoms with Gasteiger partial charge in [-0.2, -0.15) is 0 Å². The molecule has 0 aliphatic rings. The molecular formula is C10H18N2O2. The van der Waals surface area contributed by atoms with Crippen molar-refractivity contribution in [2.45, 2.75) is 19.9 Å². The Morgan fingerprint density at radius 2 is 2.07 bits per heavy atom. The number of aryl methyl sites for hydroxylation is 1. The van der Waals surface area contributed by atoms with Crippen molar-refractivity contribution in [1.29, 1.82) is 0 Å². The molecule has 1 aromatic rings. The van der Waals surface area contributed by atoms with Gasteiger partial charge in [-0.3, -0.25) is 0 Å². The monoisotopic (exact) mass is 198 g/mol. The fourth-order valence-electron chi connectivity index (χ4n) is 1.13. The molecule has 0 radical (unpaired) electrons. The standard InChI is InChI=1S/C10H18N2O2/c1-2-13-8-9-14-7-3-5-12-6-4-11-10-12/h4,6,10H,2-3,5,7-9H2,1H3. The Labute approximate surface area is 84.9 Å². The van der Waals surface area contributed by atoms with Gasteiger partial charge in [0, 0.05) is 32.2 Å². The minimum Gasteiger partial charge on any atom is -0.379 e. The molecule has 0 aliphatic heterocycles. The zero-order valence-corrected chi connectivity index (χ0v) is 8.69. The van der Waals surface area contributed by atoms with Gasteiger partial charge in [0.15, 0.2) is 0 Å². The van der Waals surface area contributed by atoms with Gasteiger partial charge in [-0.1, -0.05) is 0 Å². The minimum atomic E-state index is 0.692. The van der Waals surface area contributed by atoms with E-state index in [0.717, 1.165) is 26.2 Å². The van der Waals surface area contributed by atoms with E-state index in [1.165, 1.54) is 0 Å². The lowest BCUT2D eigenvalue weighted by atomic mass is 10.4. The zero-order chi connectivity index (χ0) is 10.1. The Hall–Kier alpha value is -0.870. The summed E-state index contributed by atoms with van der Waals surface area (Å²) < 4.78 is 12.6. The summed E-state index contributed by atoms with van der Waals surface area (Å²) in [7, 11) is 0. The van der Waals surface area contributed by atoms with Crippen molar-refractivity contribution < 1.29 is 9.47 Å². The third-order valence-electron chi connectivity index (χ3n) is 1.84. The first kappa shape index (κ1) is 11.2.